The van der Waals surface area contributed by atoms with E-state index in [0.29, 0.717) is 5.92 Å². The van der Waals surface area contributed by atoms with Crippen LogP contribution in [0.1, 0.15) is 69.1 Å². The van der Waals surface area contributed by atoms with E-state index in [1.54, 1.807) is 0 Å². The Morgan fingerprint density at radius 1 is 1.32 bits per heavy atom. The van der Waals surface area contributed by atoms with E-state index in [2.05, 4.69) is 44.0 Å². The van der Waals surface area contributed by atoms with Gasteiger partial charge < -0.3 is 0 Å². The van der Waals surface area contributed by atoms with Gasteiger partial charge in [-0.3, -0.25) is 0 Å². The molecule has 1 aromatic carbocycles. The van der Waals surface area contributed by atoms with Crippen LogP contribution in [0.5, 0.6) is 0 Å². The predicted molar refractivity (Wildman–Crippen MR) is 78.2 cm³/mol. The average Bonchev–Trinajstić information content (AvgIpc) is 2.88. The molecule has 1 aliphatic rings. The second-order valence-electron chi connectivity index (χ2n) is 5.87. The lowest BCUT2D eigenvalue weighted by atomic mass is 9.82. The van der Waals surface area contributed by atoms with Gasteiger partial charge in [-0.05, 0) is 41.9 Å². The van der Waals surface area contributed by atoms with Crippen molar-refractivity contribution >= 4 is 6.08 Å². The molecule has 0 saturated heterocycles. The van der Waals surface area contributed by atoms with Crippen LogP contribution in [0.4, 0.5) is 0 Å². The summed E-state index contributed by atoms with van der Waals surface area (Å²) in [5.74, 6) is 0.503. The SMILES string of the molecule is CCc1ccc(C(C)C)cc1C1(N=C=O)CCCC1. The maximum Gasteiger partial charge on any atom is 0.235 e. The molecule has 0 radical (unpaired) electrons. The zero-order valence-electron chi connectivity index (χ0n) is 12.2. The Labute approximate surface area is 115 Å². The summed E-state index contributed by atoms with van der Waals surface area (Å²) < 4.78 is 0. The van der Waals surface area contributed by atoms with Crippen LogP contribution in [-0.2, 0) is 16.8 Å². The third-order valence-corrected chi connectivity index (χ3v) is 4.37. The van der Waals surface area contributed by atoms with Crippen molar-refractivity contribution < 1.29 is 4.79 Å². The first-order valence-corrected chi connectivity index (χ1v) is 7.35. The molecular weight excluding hydrogens is 234 g/mol. The summed E-state index contributed by atoms with van der Waals surface area (Å²) in [4.78, 5) is 15.1. The molecule has 0 atom stereocenters. The van der Waals surface area contributed by atoms with Crippen molar-refractivity contribution in [1.29, 1.82) is 0 Å². The second-order valence-corrected chi connectivity index (χ2v) is 5.87. The average molecular weight is 257 g/mol. The molecule has 0 aliphatic heterocycles. The van der Waals surface area contributed by atoms with Crippen LogP contribution in [0.15, 0.2) is 23.2 Å². The van der Waals surface area contributed by atoms with E-state index in [9.17, 15) is 4.79 Å². The number of carbonyl (C=O) groups excluding carboxylic acids is 1. The fourth-order valence-corrected chi connectivity index (χ4v) is 3.18. The lowest BCUT2D eigenvalue weighted by molar-refractivity contribution is 0.451. The molecule has 0 unspecified atom stereocenters. The quantitative estimate of drug-likeness (QED) is 0.577. The van der Waals surface area contributed by atoms with Crippen LogP contribution in [0.2, 0.25) is 0 Å². The van der Waals surface area contributed by atoms with E-state index in [1.165, 1.54) is 16.7 Å². The third-order valence-electron chi connectivity index (χ3n) is 4.37. The van der Waals surface area contributed by atoms with Crippen molar-refractivity contribution in [3.05, 3.63) is 34.9 Å². The van der Waals surface area contributed by atoms with Gasteiger partial charge in [0.1, 0.15) is 0 Å². The van der Waals surface area contributed by atoms with Crippen LogP contribution in [-0.4, -0.2) is 6.08 Å². The molecular formula is C17H23NO. The molecule has 1 aliphatic carbocycles. The van der Waals surface area contributed by atoms with E-state index >= 15 is 0 Å². The Balaban J connectivity index is 2.57. The van der Waals surface area contributed by atoms with Gasteiger partial charge in [0.05, 0.1) is 5.54 Å². The summed E-state index contributed by atoms with van der Waals surface area (Å²) in [7, 11) is 0. The van der Waals surface area contributed by atoms with Crippen LogP contribution < -0.4 is 0 Å². The Kier molecular flexibility index (Phi) is 4.21. The number of aryl methyl sites for hydroxylation is 1. The van der Waals surface area contributed by atoms with Crippen molar-refractivity contribution in [2.45, 2.75) is 64.3 Å². The Bertz CT molecular complexity index is 492. The molecule has 19 heavy (non-hydrogen) atoms. The van der Waals surface area contributed by atoms with Crippen molar-refractivity contribution in [3.63, 3.8) is 0 Å². The zero-order valence-corrected chi connectivity index (χ0v) is 12.2. The molecule has 0 amide bonds. The van der Waals surface area contributed by atoms with Crippen LogP contribution in [0.25, 0.3) is 0 Å². The van der Waals surface area contributed by atoms with Gasteiger partial charge in [0.25, 0.3) is 0 Å². The molecule has 2 rings (SSSR count). The standard InChI is InChI=1S/C17H23NO/c1-4-14-7-8-15(13(2)3)11-16(14)17(18-12-19)9-5-6-10-17/h7-8,11,13H,4-6,9-10H2,1-3H3. The second kappa shape index (κ2) is 5.71. The van der Waals surface area contributed by atoms with E-state index < -0.39 is 0 Å². The molecule has 2 heteroatoms. The maximum absolute atomic E-state index is 10.9. The van der Waals surface area contributed by atoms with Gasteiger partial charge in [-0.15, -0.1) is 0 Å². The highest BCUT2D eigenvalue weighted by Gasteiger charge is 2.37. The van der Waals surface area contributed by atoms with Crippen LogP contribution >= 0.6 is 0 Å². The summed E-state index contributed by atoms with van der Waals surface area (Å²) in [6, 6.07) is 6.70. The van der Waals surface area contributed by atoms with E-state index in [4.69, 9.17) is 0 Å². The smallest absolute Gasteiger partial charge is 0.211 e. The number of isocyanates is 1. The van der Waals surface area contributed by atoms with Gasteiger partial charge in [-0.1, -0.05) is 51.8 Å². The molecule has 0 N–H and O–H groups in total. The molecule has 1 aromatic rings. The summed E-state index contributed by atoms with van der Waals surface area (Å²) in [6.45, 7) is 6.57. The van der Waals surface area contributed by atoms with Gasteiger partial charge >= 0.3 is 0 Å². The topological polar surface area (TPSA) is 29.4 Å². The number of nitrogens with zero attached hydrogens (tertiary/aromatic N) is 1. The molecule has 0 aromatic heterocycles. The summed E-state index contributed by atoms with van der Waals surface area (Å²) >= 11 is 0. The largest absolute Gasteiger partial charge is 0.235 e. The lowest BCUT2D eigenvalue weighted by Crippen LogP contribution is -2.21. The van der Waals surface area contributed by atoms with Crippen LogP contribution in [0, 0.1) is 0 Å². The van der Waals surface area contributed by atoms with Crippen molar-refractivity contribution in [1.82, 2.24) is 0 Å². The van der Waals surface area contributed by atoms with E-state index in [-0.39, 0.29) is 5.54 Å². The fourth-order valence-electron chi connectivity index (χ4n) is 3.18. The van der Waals surface area contributed by atoms with Crippen molar-refractivity contribution in [2.75, 3.05) is 0 Å². The van der Waals surface area contributed by atoms with Gasteiger partial charge in [0, 0.05) is 0 Å². The van der Waals surface area contributed by atoms with Gasteiger partial charge in [-0.25, -0.2) is 4.79 Å². The normalized spacial score (nSPS) is 17.5. The molecule has 102 valence electrons. The molecule has 0 bridgehead atoms. The first kappa shape index (κ1) is 14.0. The Morgan fingerprint density at radius 3 is 2.53 bits per heavy atom. The van der Waals surface area contributed by atoms with Crippen LogP contribution in [0.3, 0.4) is 0 Å². The zero-order chi connectivity index (χ0) is 13.9. The Hall–Kier alpha value is -1.40. The summed E-state index contributed by atoms with van der Waals surface area (Å²) in [5.41, 5.74) is 3.63. The van der Waals surface area contributed by atoms with Crippen molar-refractivity contribution in [2.24, 2.45) is 4.99 Å². The minimum Gasteiger partial charge on any atom is -0.211 e. The lowest BCUT2D eigenvalue weighted by Gasteiger charge is -2.27. The molecule has 0 heterocycles. The number of hydrogen-bond acceptors (Lipinski definition) is 2. The molecule has 2 nitrogen and oxygen atoms in total. The molecule has 0 spiro atoms. The first-order valence-electron chi connectivity index (χ1n) is 7.35. The first-order chi connectivity index (χ1) is 9.13. The third kappa shape index (κ3) is 2.64. The summed E-state index contributed by atoms with van der Waals surface area (Å²) in [5, 5.41) is 0. The molecule has 1 saturated carbocycles. The minimum atomic E-state index is -0.294. The van der Waals surface area contributed by atoms with E-state index in [1.807, 2.05) is 6.08 Å². The monoisotopic (exact) mass is 257 g/mol. The number of hydrogen-bond donors (Lipinski definition) is 0. The number of aliphatic imine (C=N–C) groups is 1. The predicted octanol–water partition coefficient (Wildman–Crippen LogP) is 4.48. The Morgan fingerprint density at radius 2 is 2.00 bits per heavy atom. The fraction of sp³-hybridized carbons (Fsp3) is 0.588. The van der Waals surface area contributed by atoms with Gasteiger partial charge in [0.15, 0.2) is 0 Å². The number of rotatable bonds is 4. The maximum atomic E-state index is 10.9. The number of benzene rings is 1. The molecule has 1 fully saturated rings. The van der Waals surface area contributed by atoms with Gasteiger partial charge in [-0.2, -0.15) is 4.99 Å². The van der Waals surface area contributed by atoms with Gasteiger partial charge in [0.2, 0.25) is 6.08 Å². The van der Waals surface area contributed by atoms with E-state index in [0.717, 1.165) is 32.1 Å². The summed E-state index contributed by atoms with van der Waals surface area (Å²) in [6.07, 6.45) is 7.09. The highest BCUT2D eigenvalue weighted by Crippen LogP contribution is 2.44. The highest BCUT2D eigenvalue weighted by molar-refractivity contribution is 5.44. The highest BCUT2D eigenvalue weighted by atomic mass is 16.1. The minimum absolute atomic E-state index is 0.294. The van der Waals surface area contributed by atoms with Crippen molar-refractivity contribution in [3.8, 4) is 0 Å².